The van der Waals surface area contributed by atoms with Gasteiger partial charge in [0.15, 0.2) is 0 Å². The minimum atomic E-state index is -0.299. The van der Waals surface area contributed by atoms with Crippen molar-refractivity contribution in [3.8, 4) is 5.75 Å². The van der Waals surface area contributed by atoms with Gasteiger partial charge in [0.2, 0.25) is 5.91 Å². The van der Waals surface area contributed by atoms with E-state index in [0.717, 1.165) is 19.3 Å². The minimum Gasteiger partial charge on any atom is -0.492 e. The van der Waals surface area contributed by atoms with Gasteiger partial charge < -0.3 is 20.1 Å². The van der Waals surface area contributed by atoms with Crippen LogP contribution in [-0.2, 0) is 9.53 Å². The molecule has 0 aromatic heterocycles. The Morgan fingerprint density at radius 3 is 2.52 bits per heavy atom. The Morgan fingerprint density at radius 2 is 1.92 bits per heavy atom. The Bertz CT molecular complexity index is 516. The lowest BCUT2D eigenvalue weighted by Crippen LogP contribution is -2.39. The number of hydrogen-bond donors (Lipinski definition) is 1. The van der Waals surface area contributed by atoms with Gasteiger partial charge in [-0.25, -0.2) is 4.39 Å². The monoisotopic (exact) mass is 374 g/mol. The van der Waals surface area contributed by atoms with E-state index in [1.807, 2.05) is 0 Å². The van der Waals surface area contributed by atoms with E-state index in [2.05, 4.69) is 0 Å². The number of carbonyl (C=O) groups is 1. The third-order valence-corrected chi connectivity index (χ3v) is 4.52. The summed E-state index contributed by atoms with van der Waals surface area (Å²) >= 11 is 0. The standard InChI is InChI=1S/C18H27FN2O3.ClH/c1-23-11-9-21(18(22)13-14-3-2-4-17(14)20)10-12-24-16-7-5-15(19)6-8-16;/h5-8,14,17H,2-4,9-13,20H2,1H3;1H/t14-,17+;/m0./s1. The van der Waals surface area contributed by atoms with Crippen molar-refractivity contribution >= 4 is 18.3 Å². The molecule has 1 saturated carbocycles. The molecule has 0 unspecified atom stereocenters. The van der Waals surface area contributed by atoms with Crippen LogP contribution >= 0.6 is 12.4 Å². The lowest BCUT2D eigenvalue weighted by Gasteiger charge is -2.25. The summed E-state index contributed by atoms with van der Waals surface area (Å²) in [7, 11) is 1.62. The van der Waals surface area contributed by atoms with Gasteiger partial charge in [-0.1, -0.05) is 6.42 Å². The summed E-state index contributed by atoms with van der Waals surface area (Å²) in [6.07, 6.45) is 3.62. The first kappa shape index (κ1) is 21.7. The number of nitrogens with two attached hydrogens (primary N) is 1. The Kier molecular flexibility index (Phi) is 9.78. The second kappa shape index (κ2) is 11.3. The molecule has 1 amide bonds. The zero-order chi connectivity index (χ0) is 17.4. The lowest BCUT2D eigenvalue weighted by atomic mass is 9.99. The average Bonchev–Trinajstić information content (AvgIpc) is 2.97. The van der Waals surface area contributed by atoms with Crippen molar-refractivity contribution in [3.63, 3.8) is 0 Å². The molecule has 2 N–H and O–H groups in total. The zero-order valence-corrected chi connectivity index (χ0v) is 15.5. The van der Waals surface area contributed by atoms with E-state index >= 15 is 0 Å². The van der Waals surface area contributed by atoms with Gasteiger partial charge in [0, 0.05) is 26.1 Å². The topological polar surface area (TPSA) is 64.8 Å². The van der Waals surface area contributed by atoms with Crippen LogP contribution in [-0.4, -0.2) is 50.3 Å². The molecule has 1 fully saturated rings. The van der Waals surface area contributed by atoms with Crippen LogP contribution in [0.3, 0.4) is 0 Å². The predicted octanol–water partition coefficient (Wildman–Crippen LogP) is 2.62. The van der Waals surface area contributed by atoms with Crippen molar-refractivity contribution in [2.75, 3.05) is 33.4 Å². The highest BCUT2D eigenvalue weighted by molar-refractivity contribution is 5.85. The molecular formula is C18H28ClFN2O3. The molecule has 1 aromatic carbocycles. The summed E-state index contributed by atoms with van der Waals surface area (Å²) in [6, 6.07) is 5.99. The maximum Gasteiger partial charge on any atom is 0.223 e. The molecule has 1 aliphatic rings. The third kappa shape index (κ3) is 7.18. The van der Waals surface area contributed by atoms with Crippen LogP contribution in [0.4, 0.5) is 4.39 Å². The molecule has 0 radical (unpaired) electrons. The van der Waals surface area contributed by atoms with Crippen LogP contribution in [0.2, 0.25) is 0 Å². The lowest BCUT2D eigenvalue weighted by molar-refractivity contribution is -0.133. The summed E-state index contributed by atoms with van der Waals surface area (Å²) in [5.74, 6) is 0.665. The summed E-state index contributed by atoms with van der Waals surface area (Å²) in [5.41, 5.74) is 6.07. The van der Waals surface area contributed by atoms with E-state index < -0.39 is 0 Å². The van der Waals surface area contributed by atoms with E-state index in [1.54, 1.807) is 24.1 Å². The average molecular weight is 375 g/mol. The van der Waals surface area contributed by atoms with Crippen LogP contribution in [0, 0.1) is 11.7 Å². The largest absolute Gasteiger partial charge is 0.492 e. The fraction of sp³-hybridized carbons (Fsp3) is 0.611. The number of carbonyl (C=O) groups excluding carboxylic acids is 1. The van der Waals surface area contributed by atoms with E-state index in [4.69, 9.17) is 15.2 Å². The molecule has 7 heteroatoms. The number of rotatable bonds is 9. The molecule has 0 spiro atoms. The number of ether oxygens (including phenoxy) is 2. The highest BCUT2D eigenvalue weighted by atomic mass is 35.5. The van der Waals surface area contributed by atoms with E-state index in [-0.39, 0.29) is 36.1 Å². The van der Waals surface area contributed by atoms with Crippen molar-refractivity contribution in [1.29, 1.82) is 0 Å². The van der Waals surface area contributed by atoms with E-state index in [1.165, 1.54) is 12.1 Å². The van der Waals surface area contributed by atoms with Crippen molar-refractivity contribution in [2.24, 2.45) is 11.7 Å². The number of amides is 1. The highest BCUT2D eigenvalue weighted by Gasteiger charge is 2.27. The Labute approximate surface area is 155 Å². The van der Waals surface area contributed by atoms with E-state index in [9.17, 15) is 9.18 Å². The highest BCUT2D eigenvalue weighted by Crippen LogP contribution is 2.27. The number of halogens is 2. The zero-order valence-electron chi connectivity index (χ0n) is 14.7. The van der Waals surface area contributed by atoms with Crippen molar-refractivity contribution in [1.82, 2.24) is 4.90 Å². The first-order valence-electron chi connectivity index (χ1n) is 8.51. The normalized spacial score (nSPS) is 19.3. The number of hydrogen-bond acceptors (Lipinski definition) is 4. The Hall–Kier alpha value is -1.37. The molecule has 142 valence electrons. The summed E-state index contributed by atoms with van der Waals surface area (Å²) < 4.78 is 23.6. The van der Waals surface area contributed by atoms with Gasteiger partial charge in [-0.3, -0.25) is 4.79 Å². The van der Waals surface area contributed by atoms with Gasteiger partial charge in [0.05, 0.1) is 13.2 Å². The SMILES string of the molecule is COCCN(CCOc1ccc(F)cc1)C(=O)C[C@@H]1CCC[C@H]1N.Cl. The molecule has 0 bridgehead atoms. The molecular weight excluding hydrogens is 347 g/mol. The van der Waals surface area contributed by atoms with Gasteiger partial charge in [0.1, 0.15) is 18.2 Å². The summed E-state index contributed by atoms with van der Waals surface area (Å²) in [6.45, 7) is 1.85. The molecule has 5 nitrogen and oxygen atoms in total. The van der Waals surface area contributed by atoms with Crippen LogP contribution in [0.5, 0.6) is 5.75 Å². The quantitative estimate of drug-likeness (QED) is 0.721. The van der Waals surface area contributed by atoms with Crippen molar-refractivity contribution < 1.29 is 18.7 Å². The van der Waals surface area contributed by atoms with Crippen LogP contribution in [0.25, 0.3) is 0 Å². The second-order valence-electron chi connectivity index (χ2n) is 6.23. The van der Waals surface area contributed by atoms with Gasteiger partial charge in [-0.15, -0.1) is 12.4 Å². The van der Waals surface area contributed by atoms with Gasteiger partial charge in [-0.2, -0.15) is 0 Å². The predicted molar refractivity (Wildman–Crippen MR) is 97.5 cm³/mol. The first-order chi connectivity index (χ1) is 11.6. The number of methoxy groups -OCH3 is 1. The molecule has 2 atom stereocenters. The van der Waals surface area contributed by atoms with Crippen molar-refractivity contribution in [2.45, 2.75) is 31.7 Å². The van der Waals surface area contributed by atoms with Crippen LogP contribution in [0.1, 0.15) is 25.7 Å². The molecule has 0 aliphatic heterocycles. The minimum absolute atomic E-state index is 0. The smallest absolute Gasteiger partial charge is 0.223 e. The van der Waals surface area contributed by atoms with Crippen molar-refractivity contribution in [3.05, 3.63) is 30.1 Å². The molecule has 2 rings (SSSR count). The van der Waals surface area contributed by atoms with Gasteiger partial charge >= 0.3 is 0 Å². The van der Waals surface area contributed by atoms with Gasteiger partial charge in [0.25, 0.3) is 0 Å². The Balaban J connectivity index is 0.00000312. The molecule has 1 aromatic rings. The van der Waals surface area contributed by atoms with Crippen LogP contribution < -0.4 is 10.5 Å². The molecule has 0 heterocycles. The fourth-order valence-electron chi connectivity index (χ4n) is 3.04. The van der Waals surface area contributed by atoms with Crippen LogP contribution in [0.15, 0.2) is 24.3 Å². The van der Waals surface area contributed by atoms with Gasteiger partial charge in [-0.05, 0) is 43.0 Å². The second-order valence-corrected chi connectivity index (χ2v) is 6.23. The number of nitrogens with zero attached hydrogens (tertiary/aromatic N) is 1. The maximum atomic E-state index is 12.9. The molecule has 1 aliphatic carbocycles. The molecule has 0 saturated heterocycles. The number of benzene rings is 1. The summed E-state index contributed by atoms with van der Waals surface area (Å²) in [5, 5.41) is 0. The first-order valence-corrected chi connectivity index (χ1v) is 8.51. The van der Waals surface area contributed by atoms with E-state index in [0.29, 0.717) is 38.5 Å². The summed E-state index contributed by atoms with van der Waals surface area (Å²) in [4.78, 5) is 14.3. The third-order valence-electron chi connectivity index (χ3n) is 4.52. The fourth-order valence-corrected chi connectivity index (χ4v) is 3.04. The Morgan fingerprint density at radius 1 is 1.24 bits per heavy atom. The molecule has 25 heavy (non-hydrogen) atoms. The maximum absolute atomic E-state index is 12.9.